The Hall–Kier alpha value is -3.23. The number of para-hydroxylation sites is 1. The molecule has 4 rings (SSSR count). The van der Waals surface area contributed by atoms with Crippen molar-refractivity contribution in [3.63, 3.8) is 0 Å². The summed E-state index contributed by atoms with van der Waals surface area (Å²) in [4.78, 5) is 15.5. The van der Waals surface area contributed by atoms with E-state index in [-0.39, 0.29) is 30.3 Å². The highest BCUT2D eigenvalue weighted by Crippen LogP contribution is 2.30. The Morgan fingerprint density at radius 3 is 2.60 bits per heavy atom. The Labute approximate surface area is 205 Å². The molecule has 1 aliphatic carbocycles. The van der Waals surface area contributed by atoms with Crippen LogP contribution in [0.25, 0.3) is 11.5 Å². The van der Waals surface area contributed by atoms with Gasteiger partial charge in [0.25, 0.3) is 0 Å². The van der Waals surface area contributed by atoms with Gasteiger partial charge in [-0.2, -0.15) is 0 Å². The zero-order valence-electron chi connectivity index (χ0n) is 20.5. The summed E-state index contributed by atoms with van der Waals surface area (Å²) in [5.41, 5.74) is 3.52. The third kappa shape index (κ3) is 6.46. The molecule has 35 heavy (non-hydrogen) atoms. The highest BCUT2D eigenvalue weighted by molar-refractivity contribution is 5.55. The molecule has 0 bridgehead atoms. The molecule has 0 spiro atoms. The van der Waals surface area contributed by atoms with Gasteiger partial charge in [0.05, 0.1) is 30.3 Å². The van der Waals surface area contributed by atoms with Crippen molar-refractivity contribution >= 4 is 5.69 Å². The van der Waals surface area contributed by atoms with E-state index in [2.05, 4.69) is 11.1 Å². The van der Waals surface area contributed by atoms with Gasteiger partial charge in [0, 0.05) is 11.1 Å². The van der Waals surface area contributed by atoms with E-state index in [0.29, 0.717) is 24.7 Å². The monoisotopic (exact) mass is 480 g/mol. The van der Waals surface area contributed by atoms with Crippen molar-refractivity contribution in [2.75, 3.05) is 13.2 Å². The Morgan fingerprint density at radius 2 is 1.83 bits per heavy atom. The number of nitro groups is 1. The molecule has 0 radical (unpaired) electrons. The first-order valence-electron chi connectivity index (χ1n) is 12.0. The molecule has 0 aliphatic heterocycles. The van der Waals surface area contributed by atoms with Gasteiger partial charge in [-0.15, -0.1) is 0 Å². The van der Waals surface area contributed by atoms with Crippen LogP contribution in [-0.4, -0.2) is 35.3 Å². The second-order valence-corrected chi connectivity index (χ2v) is 9.01. The quantitative estimate of drug-likeness (QED) is 0.196. The maximum absolute atomic E-state index is 11.3. The van der Waals surface area contributed by atoms with Crippen molar-refractivity contribution < 1.29 is 23.6 Å². The second kappa shape index (κ2) is 11.5. The number of oxazole rings is 1. The number of rotatable bonds is 10. The predicted octanol–water partition coefficient (Wildman–Crippen LogP) is 6.10. The number of hydrogen-bond donors (Lipinski definition) is 0. The van der Waals surface area contributed by atoms with Crippen LogP contribution < -0.4 is 4.74 Å². The van der Waals surface area contributed by atoms with Gasteiger partial charge in [-0.05, 0) is 64.7 Å². The lowest BCUT2D eigenvalue weighted by molar-refractivity contribution is -0.386. The van der Waals surface area contributed by atoms with E-state index in [9.17, 15) is 10.1 Å². The molecule has 1 heterocycles. The Balaban J connectivity index is 1.24. The predicted molar refractivity (Wildman–Crippen MR) is 132 cm³/mol. The lowest BCUT2D eigenvalue weighted by Crippen LogP contribution is -2.29. The van der Waals surface area contributed by atoms with Crippen LogP contribution in [-0.2, 0) is 16.1 Å². The van der Waals surface area contributed by atoms with Gasteiger partial charge in [0.2, 0.25) is 5.89 Å². The number of benzene rings is 2. The standard InChI is InChI=1S/C27H32N2O6/c1-18-7-4-9-21(15-18)27-28-24(20(3)35-27)17-34-23-11-6-10-22(16-23)32-13-14-33-25-12-5-8-19(2)26(25)29(30)31/h4-5,7-9,12,15,22-23H,6,10-11,13-14,16-17H2,1-3H3. The third-order valence-corrected chi connectivity index (χ3v) is 6.27. The molecule has 1 aromatic heterocycles. The van der Waals surface area contributed by atoms with Gasteiger partial charge >= 0.3 is 5.69 Å². The summed E-state index contributed by atoms with van der Waals surface area (Å²) < 4.78 is 23.7. The Morgan fingerprint density at radius 1 is 1.06 bits per heavy atom. The summed E-state index contributed by atoms with van der Waals surface area (Å²) in [6, 6.07) is 13.2. The maximum atomic E-state index is 11.3. The fourth-order valence-electron chi connectivity index (χ4n) is 4.41. The van der Waals surface area contributed by atoms with E-state index >= 15 is 0 Å². The fraction of sp³-hybridized carbons (Fsp3) is 0.444. The molecule has 0 N–H and O–H groups in total. The highest BCUT2D eigenvalue weighted by atomic mass is 16.6. The number of nitrogens with zero attached hydrogens (tertiary/aromatic N) is 2. The Kier molecular flexibility index (Phi) is 8.15. The molecule has 2 atom stereocenters. The minimum absolute atomic E-state index is 0.00679. The second-order valence-electron chi connectivity index (χ2n) is 9.01. The van der Waals surface area contributed by atoms with E-state index in [1.807, 2.05) is 32.0 Å². The van der Waals surface area contributed by atoms with Crippen LogP contribution in [0, 0.1) is 30.9 Å². The van der Waals surface area contributed by atoms with E-state index in [4.69, 9.17) is 18.6 Å². The van der Waals surface area contributed by atoms with Gasteiger partial charge in [-0.1, -0.05) is 29.8 Å². The van der Waals surface area contributed by atoms with Crippen molar-refractivity contribution in [2.45, 2.75) is 65.3 Å². The minimum Gasteiger partial charge on any atom is -0.484 e. The van der Waals surface area contributed by atoms with Crippen LogP contribution in [0.3, 0.4) is 0 Å². The zero-order chi connectivity index (χ0) is 24.8. The molecule has 1 fully saturated rings. The average molecular weight is 481 g/mol. The van der Waals surface area contributed by atoms with Gasteiger partial charge in [0.15, 0.2) is 5.75 Å². The van der Waals surface area contributed by atoms with Crippen LogP contribution in [0.5, 0.6) is 5.75 Å². The topological polar surface area (TPSA) is 96.9 Å². The Bertz CT molecular complexity index is 1160. The van der Waals surface area contributed by atoms with Crippen molar-refractivity contribution in [3.05, 3.63) is 75.2 Å². The molecule has 3 aromatic rings. The molecule has 2 unspecified atom stereocenters. The van der Waals surface area contributed by atoms with Crippen LogP contribution in [0.4, 0.5) is 5.69 Å². The summed E-state index contributed by atoms with van der Waals surface area (Å²) in [7, 11) is 0. The lowest BCUT2D eigenvalue weighted by Gasteiger charge is -2.29. The molecule has 1 saturated carbocycles. The molecule has 8 nitrogen and oxygen atoms in total. The number of aryl methyl sites for hydroxylation is 3. The maximum Gasteiger partial charge on any atom is 0.313 e. The van der Waals surface area contributed by atoms with Gasteiger partial charge in [0.1, 0.15) is 18.1 Å². The van der Waals surface area contributed by atoms with Gasteiger partial charge in [-0.25, -0.2) is 4.98 Å². The highest BCUT2D eigenvalue weighted by Gasteiger charge is 2.24. The molecule has 1 aliphatic rings. The first-order chi connectivity index (χ1) is 16.9. The van der Waals surface area contributed by atoms with E-state index in [1.54, 1.807) is 25.1 Å². The molecule has 8 heteroatoms. The molecule has 0 amide bonds. The van der Waals surface area contributed by atoms with Gasteiger partial charge < -0.3 is 18.6 Å². The van der Waals surface area contributed by atoms with E-state index < -0.39 is 4.92 Å². The third-order valence-electron chi connectivity index (χ3n) is 6.27. The normalized spacial score (nSPS) is 17.9. The van der Waals surface area contributed by atoms with Crippen molar-refractivity contribution in [3.8, 4) is 17.2 Å². The van der Waals surface area contributed by atoms with Crippen LogP contribution in [0.2, 0.25) is 0 Å². The summed E-state index contributed by atoms with van der Waals surface area (Å²) in [5, 5.41) is 11.3. The fourth-order valence-corrected chi connectivity index (χ4v) is 4.41. The largest absolute Gasteiger partial charge is 0.484 e. The molecule has 0 saturated heterocycles. The summed E-state index contributed by atoms with van der Waals surface area (Å²) in [6.07, 6.45) is 3.92. The minimum atomic E-state index is -0.408. The molecule has 186 valence electrons. The number of ether oxygens (including phenoxy) is 3. The van der Waals surface area contributed by atoms with Crippen LogP contribution in [0.15, 0.2) is 46.9 Å². The average Bonchev–Trinajstić information content (AvgIpc) is 3.21. The summed E-state index contributed by atoms with van der Waals surface area (Å²) >= 11 is 0. The molecule has 2 aromatic carbocycles. The van der Waals surface area contributed by atoms with E-state index in [0.717, 1.165) is 48.3 Å². The number of aromatic nitrogens is 1. The lowest BCUT2D eigenvalue weighted by atomic mass is 9.95. The van der Waals surface area contributed by atoms with Crippen molar-refractivity contribution in [1.82, 2.24) is 4.98 Å². The molecular weight excluding hydrogens is 448 g/mol. The van der Waals surface area contributed by atoms with Gasteiger partial charge in [-0.3, -0.25) is 10.1 Å². The SMILES string of the molecule is Cc1cccc(-c2nc(COC3CCCC(OCCOc4cccc(C)c4[N+](=O)[O-])C3)c(C)o2)c1. The summed E-state index contributed by atoms with van der Waals surface area (Å²) in [6.45, 7) is 6.68. The molecular formula is C27H32N2O6. The first-order valence-corrected chi connectivity index (χ1v) is 12.0. The van der Waals surface area contributed by atoms with E-state index in [1.165, 1.54) is 0 Å². The number of nitro benzene ring substituents is 1. The smallest absolute Gasteiger partial charge is 0.313 e. The van der Waals surface area contributed by atoms with Crippen molar-refractivity contribution in [2.24, 2.45) is 0 Å². The first kappa shape index (κ1) is 24.9. The van der Waals surface area contributed by atoms with Crippen LogP contribution in [0.1, 0.15) is 48.3 Å². The van der Waals surface area contributed by atoms with Crippen molar-refractivity contribution in [1.29, 1.82) is 0 Å². The zero-order valence-corrected chi connectivity index (χ0v) is 20.5. The summed E-state index contributed by atoms with van der Waals surface area (Å²) in [5.74, 6) is 1.66. The number of hydrogen-bond acceptors (Lipinski definition) is 7. The van der Waals surface area contributed by atoms with Crippen LogP contribution >= 0.6 is 0 Å².